The molecule has 1 aromatic heterocycles. The lowest BCUT2D eigenvalue weighted by Crippen LogP contribution is -2.25. The summed E-state index contributed by atoms with van der Waals surface area (Å²) in [5, 5.41) is 0. The van der Waals surface area contributed by atoms with Crippen LogP contribution in [0.5, 0.6) is 5.88 Å². The fourth-order valence-electron chi connectivity index (χ4n) is 1.77. The average Bonchev–Trinajstić information content (AvgIpc) is 2.64. The van der Waals surface area contributed by atoms with E-state index in [-0.39, 0.29) is 24.3 Å². The Morgan fingerprint density at radius 3 is 2.70 bits per heavy atom. The predicted molar refractivity (Wildman–Crippen MR) is 64.1 cm³/mol. The van der Waals surface area contributed by atoms with Crippen LogP contribution < -0.4 is 10.5 Å². The maximum Gasteiger partial charge on any atom is 0.433 e. The molecule has 112 valence electrons. The Morgan fingerprint density at radius 1 is 1.45 bits per heavy atom. The summed E-state index contributed by atoms with van der Waals surface area (Å²) in [6.07, 6.45) is -4.93. The highest BCUT2D eigenvalue weighted by Gasteiger charge is 2.35. The van der Waals surface area contributed by atoms with Gasteiger partial charge in [0.15, 0.2) is 11.5 Å². The number of hydrogen-bond donors (Lipinski definition) is 1. The van der Waals surface area contributed by atoms with Crippen molar-refractivity contribution < 1.29 is 27.4 Å². The van der Waals surface area contributed by atoms with Crippen LogP contribution >= 0.6 is 0 Å². The molecular formula is C12H15F3N2O3. The van der Waals surface area contributed by atoms with Gasteiger partial charge in [0.25, 0.3) is 0 Å². The Balaban J connectivity index is 2.02. The molecule has 2 heterocycles. The fraction of sp³-hybridized carbons (Fsp3) is 0.583. The van der Waals surface area contributed by atoms with Crippen molar-refractivity contribution in [3.63, 3.8) is 0 Å². The van der Waals surface area contributed by atoms with Gasteiger partial charge in [-0.15, -0.1) is 0 Å². The predicted octanol–water partition coefficient (Wildman–Crippen LogP) is 2.21. The minimum atomic E-state index is -4.57. The van der Waals surface area contributed by atoms with E-state index < -0.39 is 17.7 Å². The summed E-state index contributed by atoms with van der Waals surface area (Å²) in [4.78, 5) is 3.38. The molecule has 0 amide bonds. The number of nitrogens with two attached hydrogens (primary N) is 1. The molecule has 1 atom stereocenters. The second-order valence-corrected chi connectivity index (χ2v) is 4.88. The van der Waals surface area contributed by atoms with Crippen molar-refractivity contribution in [2.24, 2.45) is 0 Å². The first kappa shape index (κ1) is 14.9. The van der Waals surface area contributed by atoms with Gasteiger partial charge in [0.1, 0.15) is 12.7 Å². The zero-order chi connectivity index (χ0) is 15.0. The van der Waals surface area contributed by atoms with Gasteiger partial charge in [0, 0.05) is 11.8 Å². The first-order valence-corrected chi connectivity index (χ1v) is 5.95. The van der Waals surface area contributed by atoms with Crippen LogP contribution in [0.2, 0.25) is 0 Å². The highest BCUT2D eigenvalue weighted by Crippen LogP contribution is 2.31. The van der Waals surface area contributed by atoms with Crippen LogP contribution in [0, 0.1) is 0 Å². The number of alkyl halides is 3. The quantitative estimate of drug-likeness (QED) is 0.925. The SMILES string of the molecule is CC1(C)OCC(COc2cc(N)cc(C(F)(F)F)n2)O1. The normalized spacial score (nSPS) is 21.9. The smallest absolute Gasteiger partial charge is 0.433 e. The van der Waals surface area contributed by atoms with Crippen LogP contribution in [0.25, 0.3) is 0 Å². The second kappa shape index (κ2) is 5.10. The average molecular weight is 292 g/mol. The molecule has 0 spiro atoms. The molecule has 1 aliphatic heterocycles. The van der Waals surface area contributed by atoms with Crippen LogP contribution in [0.4, 0.5) is 18.9 Å². The molecule has 8 heteroatoms. The lowest BCUT2D eigenvalue weighted by molar-refractivity contribution is -0.142. The van der Waals surface area contributed by atoms with Crippen LogP contribution in [0.3, 0.4) is 0 Å². The van der Waals surface area contributed by atoms with Gasteiger partial charge in [-0.2, -0.15) is 13.2 Å². The number of pyridine rings is 1. The van der Waals surface area contributed by atoms with E-state index in [0.29, 0.717) is 6.61 Å². The van der Waals surface area contributed by atoms with Crippen molar-refractivity contribution in [1.82, 2.24) is 4.98 Å². The van der Waals surface area contributed by atoms with Crippen molar-refractivity contribution in [3.8, 4) is 5.88 Å². The van der Waals surface area contributed by atoms with Crippen molar-refractivity contribution in [2.75, 3.05) is 18.9 Å². The molecule has 1 aromatic rings. The molecule has 1 unspecified atom stereocenters. The zero-order valence-corrected chi connectivity index (χ0v) is 11.0. The summed E-state index contributed by atoms with van der Waals surface area (Å²) >= 11 is 0. The molecule has 1 aliphatic rings. The van der Waals surface area contributed by atoms with Gasteiger partial charge in [-0.1, -0.05) is 0 Å². The van der Waals surface area contributed by atoms with E-state index in [2.05, 4.69) is 4.98 Å². The first-order chi connectivity index (χ1) is 9.16. The summed E-state index contributed by atoms with van der Waals surface area (Å²) in [6, 6.07) is 1.99. The van der Waals surface area contributed by atoms with Crippen LogP contribution in [-0.4, -0.2) is 30.1 Å². The molecule has 1 fully saturated rings. The topological polar surface area (TPSA) is 66.6 Å². The number of hydrogen-bond acceptors (Lipinski definition) is 5. The standard InChI is InChI=1S/C12H15F3N2O3/c1-11(2)19-6-8(20-11)5-18-10-4-7(16)3-9(17-10)12(13,14)15/h3-4,8H,5-6H2,1-2H3,(H2,16,17). The molecule has 5 nitrogen and oxygen atoms in total. The second-order valence-electron chi connectivity index (χ2n) is 4.88. The van der Waals surface area contributed by atoms with Crippen molar-refractivity contribution in [1.29, 1.82) is 0 Å². The van der Waals surface area contributed by atoms with Gasteiger partial charge in [-0.05, 0) is 19.9 Å². The monoisotopic (exact) mass is 292 g/mol. The van der Waals surface area contributed by atoms with Crippen LogP contribution in [0.15, 0.2) is 12.1 Å². The maximum absolute atomic E-state index is 12.6. The minimum absolute atomic E-state index is 0.0389. The first-order valence-electron chi connectivity index (χ1n) is 5.95. The highest BCUT2D eigenvalue weighted by atomic mass is 19.4. The Labute approximate surface area is 113 Å². The minimum Gasteiger partial charge on any atom is -0.475 e. The lowest BCUT2D eigenvalue weighted by Gasteiger charge is -2.17. The third-order valence-electron chi connectivity index (χ3n) is 2.60. The molecule has 0 bridgehead atoms. The Bertz CT molecular complexity index is 491. The Kier molecular flexibility index (Phi) is 3.79. The van der Waals surface area contributed by atoms with Crippen molar-refractivity contribution in [2.45, 2.75) is 31.9 Å². The number of halogens is 3. The molecule has 20 heavy (non-hydrogen) atoms. The van der Waals surface area contributed by atoms with E-state index in [1.807, 2.05) is 0 Å². The van der Waals surface area contributed by atoms with E-state index in [0.717, 1.165) is 6.07 Å². The number of rotatable bonds is 3. The number of aromatic nitrogens is 1. The van der Waals surface area contributed by atoms with Crippen LogP contribution in [-0.2, 0) is 15.7 Å². The van der Waals surface area contributed by atoms with Gasteiger partial charge < -0.3 is 19.9 Å². The Morgan fingerprint density at radius 2 is 2.15 bits per heavy atom. The summed E-state index contributed by atoms with van der Waals surface area (Å²) in [7, 11) is 0. The third kappa shape index (κ3) is 3.73. The molecule has 1 saturated heterocycles. The summed E-state index contributed by atoms with van der Waals surface area (Å²) in [5.41, 5.74) is 4.26. The number of nitrogen functional groups attached to an aromatic ring is 1. The van der Waals surface area contributed by atoms with E-state index in [1.54, 1.807) is 13.8 Å². The maximum atomic E-state index is 12.6. The van der Waals surface area contributed by atoms with Gasteiger partial charge >= 0.3 is 6.18 Å². The third-order valence-corrected chi connectivity index (χ3v) is 2.60. The van der Waals surface area contributed by atoms with E-state index >= 15 is 0 Å². The molecule has 0 radical (unpaired) electrons. The molecule has 0 aromatic carbocycles. The van der Waals surface area contributed by atoms with Gasteiger partial charge in [-0.3, -0.25) is 0 Å². The molecule has 0 aliphatic carbocycles. The number of nitrogens with zero attached hydrogens (tertiary/aromatic N) is 1. The van der Waals surface area contributed by atoms with E-state index in [4.69, 9.17) is 19.9 Å². The fourth-order valence-corrected chi connectivity index (χ4v) is 1.77. The lowest BCUT2D eigenvalue weighted by atomic mass is 10.3. The summed E-state index contributed by atoms with van der Waals surface area (Å²) in [5.74, 6) is -0.903. The van der Waals surface area contributed by atoms with E-state index in [9.17, 15) is 13.2 Å². The zero-order valence-electron chi connectivity index (χ0n) is 11.0. The number of anilines is 1. The van der Waals surface area contributed by atoms with Crippen molar-refractivity contribution in [3.05, 3.63) is 17.8 Å². The van der Waals surface area contributed by atoms with Gasteiger partial charge in [0.2, 0.25) is 5.88 Å². The van der Waals surface area contributed by atoms with E-state index in [1.165, 1.54) is 6.07 Å². The number of ether oxygens (including phenoxy) is 3. The molecule has 0 saturated carbocycles. The Hall–Kier alpha value is -1.54. The van der Waals surface area contributed by atoms with Gasteiger partial charge in [-0.25, -0.2) is 4.98 Å². The van der Waals surface area contributed by atoms with Crippen LogP contribution in [0.1, 0.15) is 19.5 Å². The molecular weight excluding hydrogens is 277 g/mol. The van der Waals surface area contributed by atoms with Gasteiger partial charge in [0.05, 0.1) is 6.61 Å². The summed E-state index contributed by atoms with van der Waals surface area (Å²) < 4.78 is 53.7. The molecule has 2 N–H and O–H groups in total. The molecule has 2 rings (SSSR count). The highest BCUT2D eigenvalue weighted by molar-refractivity contribution is 5.43. The summed E-state index contributed by atoms with van der Waals surface area (Å²) in [6.45, 7) is 3.83. The largest absolute Gasteiger partial charge is 0.475 e. The van der Waals surface area contributed by atoms with Crippen molar-refractivity contribution >= 4 is 5.69 Å².